The highest BCUT2D eigenvalue weighted by Gasteiger charge is 2.12. The Morgan fingerprint density at radius 1 is 0.655 bits per heavy atom. The third-order valence-corrected chi connectivity index (χ3v) is 5.05. The molecule has 0 atom stereocenters. The minimum Gasteiger partial charge on any atom is -0.305 e. The van der Waals surface area contributed by atoms with E-state index in [0.29, 0.717) is 5.56 Å². The number of nitriles is 1. The second-order valence-corrected chi connectivity index (χ2v) is 6.92. The smallest absolute Gasteiger partial charge is 0.145 e. The van der Waals surface area contributed by atoms with Crippen molar-refractivity contribution in [2.75, 3.05) is 0 Å². The van der Waals surface area contributed by atoms with Crippen LogP contribution in [0.2, 0.25) is 0 Å². The molecule has 3 nitrogen and oxygen atoms in total. The first-order valence-corrected chi connectivity index (χ1v) is 9.46. The summed E-state index contributed by atoms with van der Waals surface area (Å²) in [7, 11) is 0. The largest absolute Gasteiger partial charge is 0.305 e. The van der Waals surface area contributed by atoms with Gasteiger partial charge in [0.1, 0.15) is 5.65 Å². The highest BCUT2D eigenvalue weighted by Crippen LogP contribution is 2.31. The minimum atomic E-state index is 0.647. The Hall–Kier alpha value is -4.16. The number of pyridine rings is 1. The zero-order valence-electron chi connectivity index (χ0n) is 15.7. The Balaban J connectivity index is 1.73. The number of fused-ring (bicyclic) bond motifs is 1. The lowest BCUT2D eigenvalue weighted by molar-refractivity contribution is 1.19. The fourth-order valence-electron chi connectivity index (χ4n) is 3.57. The average Bonchev–Trinajstić information content (AvgIpc) is 3.24. The molecule has 0 saturated carbocycles. The minimum absolute atomic E-state index is 0.647. The van der Waals surface area contributed by atoms with Crippen molar-refractivity contribution in [2.45, 2.75) is 0 Å². The molecule has 5 aromatic rings. The molecule has 0 spiro atoms. The normalized spacial score (nSPS) is 10.7. The molecule has 5 rings (SSSR count). The lowest BCUT2D eigenvalue weighted by Gasteiger charge is -2.09. The van der Waals surface area contributed by atoms with Crippen LogP contribution in [0.15, 0.2) is 103 Å². The Bertz CT molecular complexity index is 1330. The first kappa shape index (κ1) is 17.0. The molecule has 2 aromatic heterocycles. The van der Waals surface area contributed by atoms with Gasteiger partial charge in [-0.1, -0.05) is 72.8 Å². The summed E-state index contributed by atoms with van der Waals surface area (Å²) in [5.41, 5.74) is 7.97. The van der Waals surface area contributed by atoms with Crippen LogP contribution in [0.1, 0.15) is 5.56 Å². The van der Waals surface area contributed by atoms with Crippen molar-refractivity contribution >= 4 is 5.65 Å². The molecule has 0 fully saturated rings. The molecule has 3 heteroatoms. The number of hydrogen-bond acceptors (Lipinski definition) is 2. The Kier molecular flexibility index (Phi) is 4.16. The van der Waals surface area contributed by atoms with Crippen molar-refractivity contribution in [2.24, 2.45) is 0 Å². The van der Waals surface area contributed by atoms with Gasteiger partial charge in [0.15, 0.2) is 0 Å². The van der Waals surface area contributed by atoms with Gasteiger partial charge < -0.3 is 4.40 Å². The molecule has 0 aliphatic carbocycles. The quantitative estimate of drug-likeness (QED) is 0.378. The van der Waals surface area contributed by atoms with E-state index in [1.807, 2.05) is 48.5 Å². The standard InChI is InChI=1S/C26H17N3/c27-16-19-11-13-22(14-12-19)25-18-29-17-23(20-7-3-1-4-8-20)15-24(26(29)28-25)21-9-5-2-6-10-21/h1-15,17-18H. The molecule has 0 aliphatic heterocycles. The maximum atomic E-state index is 9.04. The first-order valence-electron chi connectivity index (χ1n) is 9.46. The summed E-state index contributed by atoms with van der Waals surface area (Å²) >= 11 is 0. The molecule has 2 heterocycles. The number of benzene rings is 3. The number of aromatic nitrogens is 2. The predicted octanol–water partition coefficient (Wildman–Crippen LogP) is 6.21. The Labute approximate surface area is 169 Å². The van der Waals surface area contributed by atoms with Crippen LogP contribution in [-0.2, 0) is 0 Å². The highest BCUT2D eigenvalue weighted by atomic mass is 15.0. The van der Waals surface area contributed by atoms with Crippen molar-refractivity contribution in [3.8, 4) is 39.6 Å². The summed E-state index contributed by atoms with van der Waals surface area (Å²) in [6.45, 7) is 0. The molecule has 0 unspecified atom stereocenters. The summed E-state index contributed by atoms with van der Waals surface area (Å²) in [6.07, 6.45) is 4.17. The number of hydrogen-bond donors (Lipinski definition) is 0. The molecule has 3 aromatic carbocycles. The van der Waals surface area contributed by atoms with E-state index in [1.54, 1.807) is 0 Å². The lowest BCUT2D eigenvalue weighted by Crippen LogP contribution is -1.90. The molecule has 0 saturated heterocycles. The fraction of sp³-hybridized carbons (Fsp3) is 0. The topological polar surface area (TPSA) is 41.1 Å². The van der Waals surface area contributed by atoms with Gasteiger partial charge in [0, 0.05) is 23.5 Å². The molecular formula is C26H17N3. The molecule has 0 bridgehead atoms. The number of rotatable bonds is 3. The molecule has 136 valence electrons. The molecule has 0 aliphatic rings. The van der Waals surface area contributed by atoms with E-state index in [9.17, 15) is 0 Å². The number of imidazole rings is 1. The number of nitrogens with zero attached hydrogens (tertiary/aromatic N) is 3. The highest BCUT2D eigenvalue weighted by molar-refractivity contribution is 5.84. The van der Waals surface area contributed by atoms with Gasteiger partial charge in [0.05, 0.1) is 17.3 Å². The van der Waals surface area contributed by atoms with Crippen molar-refractivity contribution in [3.63, 3.8) is 0 Å². The summed E-state index contributed by atoms with van der Waals surface area (Å²) in [5.74, 6) is 0. The van der Waals surface area contributed by atoms with Gasteiger partial charge in [0.2, 0.25) is 0 Å². The van der Waals surface area contributed by atoms with Crippen LogP contribution in [0.4, 0.5) is 0 Å². The van der Waals surface area contributed by atoms with Crippen LogP contribution < -0.4 is 0 Å². The third kappa shape index (κ3) is 3.18. The average molecular weight is 371 g/mol. The summed E-state index contributed by atoms with van der Waals surface area (Å²) in [6, 6.07) is 32.6. The van der Waals surface area contributed by atoms with Crippen LogP contribution in [0, 0.1) is 11.3 Å². The molecular weight excluding hydrogens is 354 g/mol. The first-order chi connectivity index (χ1) is 14.3. The van der Waals surface area contributed by atoms with E-state index in [1.165, 1.54) is 5.56 Å². The van der Waals surface area contributed by atoms with E-state index in [4.69, 9.17) is 10.2 Å². The second kappa shape index (κ2) is 7.10. The van der Waals surface area contributed by atoms with Crippen LogP contribution in [0.5, 0.6) is 0 Å². The summed E-state index contributed by atoms with van der Waals surface area (Å²) in [5, 5.41) is 9.04. The van der Waals surface area contributed by atoms with Gasteiger partial charge in [-0.2, -0.15) is 5.26 Å². The van der Waals surface area contributed by atoms with Crippen molar-refractivity contribution in [1.82, 2.24) is 9.38 Å². The van der Waals surface area contributed by atoms with Crippen LogP contribution >= 0.6 is 0 Å². The van der Waals surface area contributed by atoms with Crippen molar-refractivity contribution in [3.05, 3.63) is 109 Å². The van der Waals surface area contributed by atoms with Crippen LogP contribution in [0.25, 0.3) is 39.2 Å². The SMILES string of the molecule is N#Cc1ccc(-c2cn3cc(-c4ccccc4)cc(-c4ccccc4)c3n2)cc1. The van der Waals surface area contributed by atoms with Gasteiger partial charge in [-0.05, 0) is 34.9 Å². The van der Waals surface area contributed by atoms with Crippen LogP contribution in [0.3, 0.4) is 0 Å². The Morgan fingerprint density at radius 2 is 1.31 bits per heavy atom. The maximum absolute atomic E-state index is 9.04. The predicted molar refractivity (Wildman–Crippen MR) is 116 cm³/mol. The zero-order valence-corrected chi connectivity index (χ0v) is 15.7. The summed E-state index contributed by atoms with van der Waals surface area (Å²) in [4.78, 5) is 4.93. The fourth-order valence-corrected chi connectivity index (χ4v) is 3.57. The van der Waals surface area contributed by atoms with Gasteiger partial charge >= 0.3 is 0 Å². The Morgan fingerprint density at radius 3 is 1.97 bits per heavy atom. The van der Waals surface area contributed by atoms with Crippen molar-refractivity contribution < 1.29 is 0 Å². The van der Waals surface area contributed by atoms with Gasteiger partial charge in [-0.3, -0.25) is 0 Å². The molecule has 0 amide bonds. The lowest BCUT2D eigenvalue weighted by atomic mass is 10.0. The molecule has 0 radical (unpaired) electrons. The van der Waals surface area contributed by atoms with Gasteiger partial charge in [-0.25, -0.2) is 4.98 Å². The second-order valence-electron chi connectivity index (χ2n) is 6.92. The van der Waals surface area contributed by atoms with E-state index < -0.39 is 0 Å². The van der Waals surface area contributed by atoms with Crippen LogP contribution in [-0.4, -0.2) is 9.38 Å². The van der Waals surface area contributed by atoms with Gasteiger partial charge in [-0.15, -0.1) is 0 Å². The van der Waals surface area contributed by atoms with E-state index >= 15 is 0 Å². The zero-order chi connectivity index (χ0) is 19.6. The summed E-state index contributed by atoms with van der Waals surface area (Å²) < 4.78 is 2.10. The maximum Gasteiger partial charge on any atom is 0.145 e. The van der Waals surface area contributed by atoms with Crippen molar-refractivity contribution in [1.29, 1.82) is 5.26 Å². The van der Waals surface area contributed by atoms with E-state index in [-0.39, 0.29) is 0 Å². The molecule has 29 heavy (non-hydrogen) atoms. The third-order valence-electron chi connectivity index (χ3n) is 5.05. The van der Waals surface area contributed by atoms with Gasteiger partial charge in [0.25, 0.3) is 0 Å². The molecule has 0 N–H and O–H groups in total. The monoisotopic (exact) mass is 371 g/mol. The van der Waals surface area contributed by atoms with E-state index in [2.05, 4.69) is 65.3 Å². The van der Waals surface area contributed by atoms with E-state index in [0.717, 1.165) is 33.6 Å².